The van der Waals surface area contributed by atoms with Crippen LogP contribution in [0.1, 0.15) is 20.9 Å². The number of rotatable bonds is 6. The summed E-state index contributed by atoms with van der Waals surface area (Å²) in [5.41, 5.74) is 8.02. The lowest BCUT2D eigenvalue weighted by Gasteiger charge is -2.08. The average molecular weight is 437 g/mol. The molecule has 156 valence electrons. The van der Waals surface area contributed by atoms with Gasteiger partial charge in [-0.15, -0.1) is 11.3 Å². The molecule has 2 aromatic heterocycles. The number of pyridine rings is 1. The van der Waals surface area contributed by atoms with Crippen LogP contribution in [0.5, 0.6) is 5.75 Å². The minimum absolute atomic E-state index is 0.0602. The highest BCUT2D eigenvalue weighted by molar-refractivity contribution is 7.15. The van der Waals surface area contributed by atoms with Crippen molar-refractivity contribution in [2.75, 3.05) is 0 Å². The number of aromatic nitrogens is 2. The number of ether oxygens (including phenoxy) is 1. The van der Waals surface area contributed by atoms with E-state index in [1.165, 1.54) is 11.3 Å². The second-order valence-electron chi connectivity index (χ2n) is 6.77. The van der Waals surface area contributed by atoms with Gasteiger partial charge < -0.3 is 10.5 Å². The highest BCUT2D eigenvalue weighted by Crippen LogP contribution is 2.37. The van der Waals surface area contributed by atoms with Crippen LogP contribution in [0, 0.1) is 18.6 Å². The van der Waals surface area contributed by atoms with Crippen LogP contribution in [-0.2, 0) is 6.61 Å². The first-order valence-corrected chi connectivity index (χ1v) is 10.1. The molecule has 2 aromatic carbocycles. The predicted molar refractivity (Wildman–Crippen MR) is 115 cm³/mol. The lowest BCUT2D eigenvalue weighted by atomic mass is 10.1. The number of nitrogens with two attached hydrogens (primary N) is 1. The molecule has 0 saturated heterocycles. The fourth-order valence-corrected chi connectivity index (χ4v) is 4.05. The van der Waals surface area contributed by atoms with Crippen LogP contribution in [-0.4, -0.2) is 15.9 Å². The molecule has 0 aliphatic carbocycles. The van der Waals surface area contributed by atoms with Crippen molar-refractivity contribution >= 4 is 17.2 Å². The van der Waals surface area contributed by atoms with Crippen molar-refractivity contribution < 1.29 is 18.3 Å². The quantitative estimate of drug-likeness (QED) is 0.453. The van der Waals surface area contributed by atoms with Gasteiger partial charge in [-0.3, -0.25) is 9.78 Å². The van der Waals surface area contributed by atoms with E-state index in [0.717, 1.165) is 39.4 Å². The smallest absolute Gasteiger partial charge is 0.254 e. The summed E-state index contributed by atoms with van der Waals surface area (Å²) in [7, 11) is 0. The normalized spacial score (nSPS) is 10.8. The zero-order chi connectivity index (χ0) is 22.0. The number of carbonyl (C=O) groups is 1. The van der Waals surface area contributed by atoms with E-state index in [2.05, 4.69) is 4.98 Å². The first-order chi connectivity index (χ1) is 14.9. The lowest BCUT2D eigenvalue weighted by molar-refractivity contribution is 0.0991. The second kappa shape index (κ2) is 8.61. The maximum Gasteiger partial charge on any atom is 0.254 e. The molecule has 2 N–H and O–H groups in total. The van der Waals surface area contributed by atoms with Gasteiger partial charge in [0.25, 0.3) is 5.91 Å². The molecule has 2 heterocycles. The molecule has 0 spiro atoms. The molecule has 0 saturated carbocycles. The molecule has 8 heteroatoms. The third-order valence-electron chi connectivity index (χ3n) is 4.59. The van der Waals surface area contributed by atoms with E-state index in [0.29, 0.717) is 5.01 Å². The maximum absolute atomic E-state index is 14.4. The van der Waals surface area contributed by atoms with Crippen LogP contribution in [0.25, 0.3) is 21.7 Å². The minimum Gasteiger partial charge on any atom is -0.483 e. The zero-order valence-corrected chi connectivity index (χ0v) is 17.2. The number of thiazole rings is 1. The highest BCUT2D eigenvalue weighted by Gasteiger charge is 2.20. The van der Waals surface area contributed by atoms with Crippen LogP contribution in [0.4, 0.5) is 8.78 Å². The molecular formula is C23H17F2N3O2S. The molecule has 4 rings (SSSR count). The van der Waals surface area contributed by atoms with Crippen molar-refractivity contribution in [2.24, 2.45) is 5.73 Å². The summed E-state index contributed by atoms with van der Waals surface area (Å²) >= 11 is 1.40. The minimum atomic E-state index is -1.20. The first-order valence-electron chi connectivity index (χ1n) is 9.32. The summed E-state index contributed by atoms with van der Waals surface area (Å²) in [6, 6.07) is 13.8. The summed E-state index contributed by atoms with van der Waals surface area (Å²) in [5, 5.41) is 0.590. The summed E-state index contributed by atoms with van der Waals surface area (Å²) in [4.78, 5) is 21.0. The summed E-state index contributed by atoms with van der Waals surface area (Å²) in [6.45, 7) is 1.95. The van der Waals surface area contributed by atoms with Gasteiger partial charge in [0.1, 0.15) is 23.0 Å². The molecule has 31 heavy (non-hydrogen) atoms. The zero-order valence-electron chi connectivity index (χ0n) is 16.4. The number of carbonyl (C=O) groups excluding carboxylic acids is 1. The fourth-order valence-electron chi connectivity index (χ4n) is 3.04. The van der Waals surface area contributed by atoms with E-state index < -0.39 is 23.1 Å². The first kappa shape index (κ1) is 20.6. The Morgan fingerprint density at radius 2 is 1.74 bits per heavy atom. The van der Waals surface area contributed by atoms with Crippen molar-refractivity contribution in [3.63, 3.8) is 0 Å². The van der Waals surface area contributed by atoms with Crippen LogP contribution in [0.3, 0.4) is 0 Å². The molecule has 4 aromatic rings. The van der Waals surface area contributed by atoms with Gasteiger partial charge >= 0.3 is 0 Å². The molecule has 0 aliphatic heterocycles. The largest absolute Gasteiger partial charge is 0.483 e. The number of hydrogen-bond donors (Lipinski definition) is 1. The number of benzene rings is 2. The van der Waals surface area contributed by atoms with Gasteiger partial charge in [0.15, 0.2) is 11.6 Å². The number of nitrogens with zero attached hydrogens (tertiary/aromatic N) is 2. The van der Waals surface area contributed by atoms with Crippen molar-refractivity contribution in [3.05, 3.63) is 88.7 Å². The van der Waals surface area contributed by atoms with Crippen LogP contribution in [0.15, 0.2) is 60.9 Å². The summed E-state index contributed by atoms with van der Waals surface area (Å²) < 4.78 is 33.7. The summed E-state index contributed by atoms with van der Waals surface area (Å²) in [5.74, 6) is -3.63. The molecule has 0 radical (unpaired) electrons. The van der Waals surface area contributed by atoms with Gasteiger partial charge in [-0.2, -0.15) is 0 Å². The van der Waals surface area contributed by atoms with E-state index >= 15 is 0 Å². The number of halogens is 2. The number of aryl methyl sites for hydroxylation is 1. The SMILES string of the molecule is Cc1ccc(-c2nc(COc3ccc(F)c(C(N)=O)c3F)sc2-c2ccncc2)cc1. The molecule has 1 amide bonds. The van der Waals surface area contributed by atoms with Crippen LogP contribution in [0.2, 0.25) is 0 Å². The lowest BCUT2D eigenvalue weighted by Crippen LogP contribution is -2.16. The van der Waals surface area contributed by atoms with Crippen molar-refractivity contribution in [3.8, 4) is 27.4 Å². The van der Waals surface area contributed by atoms with E-state index in [-0.39, 0.29) is 12.4 Å². The van der Waals surface area contributed by atoms with Gasteiger partial charge in [0.05, 0.1) is 10.6 Å². The average Bonchev–Trinajstić information content (AvgIpc) is 3.18. The Morgan fingerprint density at radius 1 is 1.03 bits per heavy atom. The second-order valence-corrected chi connectivity index (χ2v) is 7.86. The molecule has 5 nitrogen and oxygen atoms in total. The maximum atomic E-state index is 14.4. The third kappa shape index (κ3) is 4.29. The monoisotopic (exact) mass is 437 g/mol. The predicted octanol–water partition coefficient (Wildman–Crippen LogP) is 5.14. The highest BCUT2D eigenvalue weighted by atomic mass is 32.1. The van der Waals surface area contributed by atoms with Crippen molar-refractivity contribution in [2.45, 2.75) is 13.5 Å². The standard InChI is InChI=1S/C23H17F2N3O2S/c1-13-2-4-14(5-3-13)21-22(15-8-10-27-11-9-15)31-18(28-21)12-30-17-7-6-16(24)19(20(17)25)23(26)29/h2-11H,12H2,1H3,(H2,26,29). The van der Waals surface area contributed by atoms with Gasteiger partial charge in [0.2, 0.25) is 0 Å². The van der Waals surface area contributed by atoms with Gasteiger partial charge in [-0.05, 0) is 36.8 Å². The molecule has 0 bridgehead atoms. The van der Waals surface area contributed by atoms with Gasteiger partial charge in [0, 0.05) is 18.0 Å². The fraction of sp³-hybridized carbons (Fsp3) is 0.0870. The Morgan fingerprint density at radius 3 is 2.42 bits per heavy atom. The Balaban J connectivity index is 1.68. The third-order valence-corrected chi connectivity index (χ3v) is 5.67. The summed E-state index contributed by atoms with van der Waals surface area (Å²) in [6.07, 6.45) is 3.40. The molecule has 0 atom stereocenters. The van der Waals surface area contributed by atoms with Crippen molar-refractivity contribution in [1.82, 2.24) is 9.97 Å². The van der Waals surface area contributed by atoms with Crippen LogP contribution < -0.4 is 10.5 Å². The topological polar surface area (TPSA) is 78.1 Å². The Labute approximate surface area is 181 Å². The number of amides is 1. The molecule has 0 fully saturated rings. The van der Waals surface area contributed by atoms with E-state index in [1.807, 2.05) is 43.3 Å². The van der Waals surface area contributed by atoms with E-state index in [1.54, 1.807) is 12.4 Å². The van der Waals surface area contributed by atoms with Crippen LogP contribution >= 0.6 is 11.3 Å². The molecular weight excluding hydrogens is 420 g/mol. The molecule has 0 aliphatic rings. The Bertz CT molecular complexity index is 1240. The number of hydrogen-bond acceptors (Lipinski definition) is 5. The molecule has 0 unspecified atom stereocenters. The Hall–Kier alpha value is -3.65. The number of primary amides is 1. The van der Waals surface area contributed by atoms with Crippen molar-refractivity contribution in [1.29, 1.82) is 0 Å². The van der Waals surface area contributed by atoms with Gasteiger partial charge in [-0.25, -0.2) is 13.8 Å². The van der Waals surface area contributed by atoms with E-state index in [9.17, 15) is 13.6 Å². The van der Waals surface area contributed by atoms with E-state index in [4.69, 9.17) is 15.5 Å². The van der Waals surface area contributed by atoms with Gasteiger partial charge in [-0.1, -0.05) is 29.8 Å². The Kier molecular flexibility index (Phi) is 5.73.